The van der Waals surface area contributed by atoms with Crippen molar-refractivity contribution in [3.8, 4) is 0 Å². The summed E-state index contributed by atoms with van der Waals surface area (Å²) in [6.45, 7) is 6.96. The zero-order valence-electron chi connectivity index (χ0n) is 11.2. The lowest BCUT2D eigenvalue weighted by atomic mass is 10.3. The number of rotatable bonds is 4. The predicted octanol–water partition coefficient (Wildman–Crippen LogP) is 1.65. The number of hydrogen-bond acceptors (Lipinski definition) is 7. The van der Waals surface area contributed by atoms with Gasteiger partial charge in [0.25, 0.3) is 0 Å². The molecular weight excluding hydrogens is 282 g/mol. The van der Waals surface area contributed by atoms with Crippen molar-refractivity contribution in [3.05, 3.63) is 6.20 Å². The number of nitrogen functional groups attached to an aromatic ring is 1. The van der Waals surface area contributed by atoms with Crippen LogP contribution in [0.25, 0.3) is 0 Å². The Kier molecular flexibility index (Phi) is 3.74. The summed E-state index contributed by atoms with van der Waals surface area (Å²) in [6.07, 6.45) is 2.32. The van der Waals surface area contributed by atoms with Gasteiger partial charge in [-0.05, 0) is 13.8 Å². The average Bonchev–Trinajstić information content (AvgIpc) is 2.92. The third kappa shape index (κ3) is 3.22. The normalized spacial score (nSPS) is 29.8. The van der Waals surface area contributed by atoms with Crippen molar-refractivity contribution < 1.29 is 9.47 Å². The van der Waals surface area contributed by atoms with Crippen LogP contribution < -0.4 is 5.73 Å². The highest BCUT2D eigenvalue weighted by Gasteiger charge is 2.46. The molecule has 2 atom stereocenters. The van der Waals surface area contributed by atoms with E-state index in [4.69, 9.17) is 15.2 Å². The maximum Gasteiger partial charge on any atom is 0.181 e. The van der Waals surface area contributed by atoms with Crippen LogP contribution in [-0.2, 0) is 9.47 Å². The number of thioether (sulfide) groups is 1. The van der Waals surface area contributed by atoms with Gasteiger partial charge in [-0.3, -0.25) is 4.90 Å². The standard InChI is InChI=1S/C12H19N3O2S2/c1-12(2)16-8-6-15(7-9(8)17-12)3-4-18-10-5-14-11(13)19-10/h5,8-9H,3-4,6-7H2,1-2H3,(H2,13,14). The van der Waals surface area contributed by atoms with E-state index in [-0.39, 0.29) is 12.2 Å². The number of aromatic nitrogens is 1. The molecule has 0 saturated carbocycles. The van der Waals surface area contributed by atoms with E-state index in [1.807, 2.05) is 31.8 Å². The van der Waals surface area contributed by atoms with Crippen LogP contribution in [0.4, 0.5) is 5.13 Å². The third-order valence-corrected chi connectivity index (χ3v) is 5.32. The van der Waals surface area contributed by atoms with E-state index in [1.54, 1.807) is 11.3 Å². The maximum absolute atomic E-state index is 5.88. The lowest BCUT2D eigenvalue weighted by molar-refractivity contribution is -0.155. The van der Waals surface area contributed by atoms with Gasteiger partial charge in [0.2, 0.25) is 0 Å². The number of nitrogens with zero attached hydrogens (tertiary/aromatic N) is 2. The highest BCUT2D eigenvalue weighted by molar-refractivity contribution is 8.01. The van der Waals surface area contributed by atoms with Gasteiger partial charge in [0.15, 0.2) is 10.9 Å². The molecule has 7 heteroatoms. The van der Waals surface area contributed by atoms with Gasteiger partial charge < -0.3 is 15.2 Å². The van der Waals surface area contributed by atoms with Gasteiger partial charge >= 0.3 is 0 Å². The van der Waals surface area contributed by atoms with E-state index in [0.717, 1.165) is 25.4 Å². The molecule has 3 rings (SSSR count). The summed E-state index contributed by atoms with van der Waals surface area (Å²) in [5, 5.41) is 0.641. The summed E-state index contributed by atoms with van der Waals surface area (Å²) >= 11 is 3.36. The quantitative estimate of drug-likeness (QED) is 0.853. The van der Waals surface area contributed by atoms with E-state index < -0.39 is 5.79 Å². The lowest BCUT2D eigenvalue weighted by Gasteiger charge is -2.22. The van der Waals surface area contributed by atoms with Crippen LogP contribution in [0, 0.1) is 0 Å². The maximum atomic E-state index is 5.88. The van der Waals surface area contributed by atoms with Gasteiger partial charge in [0.1, 0.15) is 12.2 Å². The van der Waals surface area contributed by atoms with Crippen molar-refractivity contribution in [2.45, 2.75) is 36.1 Å². The number of anilines is 1. The summed E-state index contributed by atoms with van der Waals surface area (Å²) in [7, 11) is 0. The van der Waals surface area contributed by atoms with Gasteiger partial charge in [-0.2, -0.15) is 0 Å². The summed E-state index contributed by atoms with van der Waals surface area (Å²) in [4.78, 5) is 6.46. The van der Waals surface area contributed by atoms with Crippen molar-refractivity contribution in [1.82, 2.24) is 9.88 Å². The van der Waals surface area contributed by atoms with E-state index >= 15 is 0 Å². The third-order valence-electron chi connectivity index (χ3n) is 3.32. The Labute approximate surface area is 121 Å². The average molecular weight is 301 g/mol. The van der Waals surface area contributed by atoms with Crippen LogP contribution in [0.2, 0.25) is 0 Å². The second kappa shape index (κ2) is 5.21. The Morgan fingerprint density at radius 1 is 1.47 bits per heavy atom. The van der Waals surface area contributed by atoms with Crippen LogP contribution in [-0.4, -0.2) is 53.3 Å². The van der Waals surface area contributed by atoms with Crippen LogP contribution >= 0.6 is 23.1 Å². The highest BCUT2D eigenvalue weighted by atomic mass is 32.2. The topological polar surface area (TPSA) is 60.6 Å². The molecule has 19 heavy (non-hydrogen) atoms. The fraction of sp³-hybridized carbons (Fsp3) is 0.750. The Hall–Kier alpha value is -0.340. The summed E-state index contributed by atoms with van der Waals surface area (Å²) < 4.78 is 12.9. The monoisotopic (exact) mass is 301 g/mol. The van der Waals surface area contributed by atoms with Crippen molar-refractivity contribution in [2.24, 2.45) is 0 Å². The molecule has 0 aromatic carbocycles. The Balaban J connectivity index is 1.42. The first-order chi connectivity index (χ1) is 9.02. The van der Waals surface area contributed by atoms with Crippen LogP contribution in [0.1, 0.15) is 13.8 Å². The van der Waals surface area contributed by atoms with Crippen molar-refractivity contribution in [1.29, 1.82) is 0 Å². The van der Waals surface area contributed by atoms with E-state index in [0.29, 0.717) is 5.13 Å². The molecule has 0 spiro atoms. The zero-order chi connectivity index (χ0) is 13.5. The van der Waals surface area contributed by atoms with Crippen molar-refractivity contribution in [2.75, 3.05) is 31.1 Å². The molecule has 2 saturated heterocycles. The lowest BCUT2D eigenvalue weighted by Crippen LogP contribution is -2.31. The van der Waals surface area contributed by atoms with Crippen LogP contribution in [0.15, 0.2) is 10.4 Å². The first kappa shape index (κ1) is 13.6. The molecule has 1 aromatic heterocycles. The van der Waals surface area contributed by atoms with Gasteiger partial charge in [0, 0.05) is 25.4 Å². The molecule has 0 aliphatic carbocycles. The first-order valence-electron chi connectivity index (χ1n) is 6.44. The number of fused-ring (bicyclic) bond motifs is 1. The SMILES string of the molecule is CC1(C)OC2CN(CCSc3cnc(N)s3)CC2O1. The number of thiazole rings is 1. The number of hydrogen-bond donors (Lipinski definition) is 1. The summed E-state index contributed by atoms with van der Waals surface area (Å²) in [5.41, 5.74) is 5.61. The second-order valence-corrected chi connectivity index (χ2v) is 7.80. The Morgan fingerprint density at radius 2 is 2.16 bits per heavy atom. The second-order valence-electron chi connectivity index (χ2n) is 5.34. The molecule has 2 fully saturated rings. The molecule has 2 unspecified atom stereocenters. The van der Waals surface area contributed by atoms with Crippen LogP contribution in [0.3, 0.4) is 0 Å². The molecule has 1 aromatic rings. The number of likely N-dealkylation sites (tertiary alicyclic amines) is 1. The molecule has 2 aliphatic heterocycles. The molecule has 5 nitrogen and oxygen atoms in total. The minimum atomic E-state index is -0.406. The first-order valence-corrected chi connectivity index (χ1v) is 8.24. The summed E-state index contributed by atoms with van der Waals surface area (Å²) in [6, 6.07) is 0. The van der Waals surface area contributed by atoms with Gasteiger partial charge in [-0.1, -0.05) is 11.3 Å². The molecule has 3 heterocycles. The van der Waals surface area contributed by atoms with Crippen molar-refractivity contribution in [3.63, 3.8) is 0 Å². The molecule has 2 N–H and O–H groups in total. The molecule has 0 amide bonds. The highest BCUT2D eigenvalue weighted by Crippen LogP contribution is 2.33. The predicted molar refractivity (Wildman–Crippen MR) is 77.5 cm³/mol. The van der Waals surface area contributed by atoms with E-state index in [1.165, 1.54) is 4.21 Å². The zero-order valence-corrected chi connectivity index (χ0v) is 12.8. The van der Waals surface area contributed by atoms with E-state index in [2.05, 4.69) is 9.88 Å². The molecule has 2 aliphatic rings. The van der Waals surface area contributed by atoms with E-state index in [9.17, 15) is 0 Å². The summed E-state index contributed by atoms with van der Waals surface area (Å²) in [5.74, 6) is 0.640. The van der Waals surface area contributed by atoms with Crippen molar-refractivity contribution >= 4 is 28.2 Å². The van der Waals surface area contributed by atoms with Gasteiger partial charge in [-0.25, -0.2) is 4.98 Å². The minimum Gasteiger partial charge on any atom is -0.375 e. The van der Waals surface area contributed by atoms with Gasteiger partial charge in [-0.15, -0.1) is 11.8 Å². The van der Waals surface area contributed by atoms with Crippen LogP contribution in [0.5, 0.6) is 0 Å². The Bertz CT molecular complexity index is 436. The molecule has 106 valence electrons. The van der Waals surface area contributed by atoms with Gasteiger partial charge in [0.05, 0.1) is 10.4 Å². The Morgan fingerprint density at radius 3 is 2.74 bits per heavy atom. The largest absolute Gasteiger partial charge is 0.375 e. The smallest absolute Gasteiger partial charge is 0.181 e. The molecular formula is C12H19N3O2S2. The minimum absolute atomic E-state index is 0.235. The molecule has 0 radical (unpaired) electrons. The number of ether oxygens (including phenoxy) is 2. The fourth-order valence-electron chi connectivity index (χ4n) is 2.60. The molecule has 0 bridgehead atoms. The number of nitrogens with two attached hydrogens (primary N) is 1. The fourth-order valence-corrected chi connectivity index (χ4v) is 4.44.